The molecule has 0 aromatic heterocycles. The van der Waals surface area contributed by atoms with Crippen LogP contribution in [0.4, 0.5) is 0 Å². The van der Waals surface area contributed by atoms with Gasteiger partial charge in [0.15, 0.2) is 0 Å². The van der Waals surface area contributed by atoms with E-state index in [4.69, 9.17) is 0 Å². The Morgan fingerprint density at radius 2 is 1.18 bits per heavy atom. The Bertz CT molecular complexity index is 833. The maximum atomic E-state index is 2.49. The highest BCUT2D eigenvalue weighted by molar-refractivity contribution is 5.73. The van der Waals surface area contributed by atoms with E-state index in [1.165, 1.54) is 79.2 Å². The van der Waals surface area contributed by atoms with Crippen molar-refractivity contribution in [2.75, 3.05) is 0 Å². The quantitative estimate of drug-likeness (QED) is 0.494. The summed E-state index contributed by atoms with van der Waals surface area (Å²) in [6.45, 7) is 4.66. The highest BCUT2D eigenvalue weighted by atomic mass is 14.2. The van der Waals surface area contributed by atoms with Crippen LogP contribution in [0.2, 0.25) is 0 Å². The van der Waals surface area contributed by atoms with Crippen molar-refractivity contribution >= 4 is 11.1 Å². The van der Waals surface area contributed by atoms with Gasteiger partial charge in [-0.25, -0.2) is 0 Å². The molecule has 0 saturated carbocycles. The van der Waals surface area contributed by atoms with Gasteiger partial charge in [-0.1, -0.05) is 87.4 Å². The minimum atomic E-state index is 0.846. The summed E-state index contributed by atoms with van der Waals surface area (Å²) in [7, 11) is 0. The average molecular weight is 371 g/mol. The lowest BCUT2D eigenvalue weighted by atomic mass is 9.84. The SMILES string of the molecule is CCCC1CC=C(c2ccc(-c3ccc(C4=CCC(C)CC4)cc3)cc2)CC1. The normalized spacial score (nSPS) is 22.5. The van der Waals surface area contributed by atoms with E-state index in [1.807, 2.05) is 0 Å². The maximum Gasteiger partial charge on any atom is -0.0184 e. The van der Waals surface area contributed by atoms with E-state index >= 15 is 0 Å². The zero-order chi connectivity index (χ0) is 19.3. The summed E-state index contributed by atoms with van der Waals surface area (Å²) < 4.78 is 0. The number of benzene rings is 2. The number of hydrogen-bond acceptors (Lipinski definition) is 0. The molecule has 0 aliphatic heterocycles. The summed E-state index contributed by atoms with van der Waals surface area (Å²) in [6, 6.07) is 18.4. The van der Waals surface area contributed by atoms with Crippen molar-refractivity contribution in [1.82, 2.24) is 0 Å². The molecule has 0 amide bonds. The van der Waals surface area contributed by atoms with E-state index in [-0.39, 0.29) is 0 Å². The van der Waals surface area contributed by atoms with Gasteiger partial charge in [0.05, 0.1) is 0 Å². The maximum absolute atomic E-state index is 2.49. The molecule has 0 spiro atoms. The summed E-state index contributed by atoms with van der Waals surface area (Å²) in [5.41, 5.74) is 8.54. The van der Waals surface area contributed by atoms with Crippen molar-refractivity contribution in [1.29, 1.82) is 0 Å². The molecule has 0 N–H and O–H groups in total. The van der Waals surface area contributed by atoms with E-state index < -0.39 is 0 Å². The third kappa shape index (κ3) is 4.49. The Balaban J connectivity index is 1.44. The van der Waals surface area contributed by atoms with Crippen molar-refractivity contribution in [3.8, 4) is 11.1 Å². The first-order valence-corrected chi connectivity index (χ1v) is 11.3. The zero-order valence-corrected chi connectivity index (χ0v) is 17.6. The molecule has 0 nitrogen and oxygen atoms in total. The highest BCUT2D eigenvalue weighted by Gasteiger charge is 2.15. The van der Waals surface area contributed by atoms with Gasteiger partial charge in [-0.2, -0.15) is 0 Å². The van der Waals surface area contributed by atoms with Gasteiger partial charge in [-0.05, 0) is 83.8 Å². The Morgan fingerprint density at radius 1 is 0.679 bits per heavy atom. The molecule has 2 aromatic carbocycles. The summed E-state index contributed by atoms with van der Waals surface area (Å²) in [5.74, 6) is 1.76. The topological polar surface area (TPSA) is 0 Å². The van der Waals surface area contributed by atoms with Crippen LogP contribution in [0.3, 0.4) is 0 Å². The molecule has 2 aromatic rings. The minimum Gasteiger partial charge on any atom is -0.0805 e. The fourth-order valence-electron chi connectivity index (χ4n) is 4.80. The molecule has 0 bridgehead atoms. The third-order valence-corrected chi connectivity index (χ3v) is 6.73. The first-order chi connectivity index (χ1) is 13.7. The minimum absolute atomic E-state index is 0.846. The number of allylic oxidation sites excluding steroid dienone is 4. The van der Waals surface area contributed by atoms with Crippen molar-refractivity contribution in [3.05, 3.63) is 71.8 Å². The van der Waals surface area contributed by atoms with Crippen LogP contribution < -0.4 is 0 Å². The fourth-order valence-corrected chi connectivity index (χ4v) is 4.80. The van der Waals surface area contributed by atoms with Gasteiger partial charge in [0, 0.05) is 0 Å². The lowest BCUT2D eigenvalue weighted by Crippen LogP contribution is -2.04. The molecule has 28 heavy (non-hydrogen) atoms. The van der Waals surface area contributed by atoms with Crippen molar-refractivity contribution in [2.45, 2.75) is 65.2 Å². The largest absolute Gasteiger partial charge is 0.0805 e. The molecule has 2 unspecified atom stereocenters. The molecule has 0 fully saturated rings. The summed E-state index contributed by atoms with van der Waals surface area (Å²) in [5, 5.41) is 0. The van der Waals surface area contributed by atoms with Crippen LogP contribution in [0.15, 0.2) is 60.7 Å². The van der Waals surface area contributed by atoms with Gasteiger partial charge in [0.1, 0.15) is 0 Å². The predicted octanol–water partition coefficient (Wildman–Crippen LogP) is 8.54. The van der Waals surface area contributed by atoms with Gasteiger partial charge in [0.2, 0.25) is 0 Å². The zero-order valence-electron chi connectivity index (χ0n) is 17.6. The van der Waals surface area contributed by atoms with Crippen molar-refractivity contribution < 1.29 is 0 Å². The summed E-state index contributed by atoms with van der Waals surface area (Å²) >= 11 is 0. The Labute approximate surface area is 171 Å². The first-order valence-electron chi connectivity index (χ1n) is 11.3. The molecule has 0 radical (unpaired) electrons. The van der Waals surface area contributed by atoms with Gasteiger partial charge < -0.3 is 0 Å². The second-order valence-corrected chi connectivity index (χ2v) is 8.92. The van der Waals surface area contributed by atoms with Gasteiger partial charge in [0.25, 0.3) is 0 Å². The number of rotatable bonds is 5. The van der Waals surface area contributed by atoms with E-state index in [0.717, 1.165) is 11.8 Å². The smallest absolute Gasteiger partial charge is 0.0184 e. The second-order valence-electron chi connectivity index (χ2n) is 8.92. The van der Waals surface area contributed by atoms with Crippen LogP contribution in [-0.2, 0) is 0 Å². The van der Waals surface area contributed by atoms with E-state index in [9.17, 15) is 0 Å². The Morgan fingerprint density at radius 3 is 1.61 bits per heavy atom. The van der Waals surface area contributed by atoms with Crippen LogP contribution in [0, 0.1) is 11.8 Å². The van der Waals surface area contributed by atoms with Crippen LogP contribution in [-0.4, -0.2) is 0 Å². The van der Waals surface area contributed by atoms with E-state index in [0.29, 0.717) is 0 Å². The number of hydrogen-bond donors (Lipinski definition) is 0. The molecular formula is C28H34. The molecule has 2 aliphatic rings. The molecule has 146 valence electrons. The monoisotopic (exact) mass is 370 g/mol. The molecule has 2 atom stereocenters. The van der Waals surface area contributed by atoms with Gasteiger partial charge in [-0.15, -0.1) is 0 Å². The standard InChI is InChI=1S/C28H34/c1-3-4-22-7-11-24(12-8-22)26-15-19-28(20-16-26)27-17-13-25(14-18-27)23-9-5-21(2)6-10-23/h9,11,13-22H,3-8,10,12H2,1-2H3. The fraction of sp³-hybridized carbons (Fsp3) is 0.429. The molecule has 4 rings (SSSR count). The molecular weight excluding hydrogens is 336 g/mol. The summed E-state index contributed by atoms with van der Waals surface area (Å²) in [6.07, 6.45) is 15.3. The van der Waals surface area contributed by atoms with Crippen LogP contribution in [0.1, 0.15) is 76.3 Å². The van der Waals surface area contributed by atoms with Crippen LogP contribution in [0.5, 0.6) is 0 Å². The molecule has 0 saturated heterocycles. The Kier molecular flexibility index (Phi) is 6.15. The third-order valence-electron chi connectivity index (χ3n) is 6.73. The lowest BCUT2D eigenvalue weighted by molar-refractivity contribution is 0.445. The average Bonchev–Trinajstić information content (AvgIpc) is 2.75. The first kappa shape index (κ1) is 19.2. The van der Waals surface area contributed by atoms with Crippen molar-refractivity contribution in [3.63, 3.8) is 0 Å². The van der Waals surface area contributed by atoms with Crippen LogP contribution in [0.25, 0.3) is 22.3 Å². The second kappa shape index (κ2) is 8.95. The molecule has 2 aliphatic carbocycles. The molecule has 0 heterocycles. The van der Waals surface area contributed by atoms with Crippen LogP contribution >= 0.6 is 0 Å². The Hall–Kier alpha value is -2.08. The van der Waals surface area contributed by atoms with E-state index in [1.54, 1.807) is 5.57 Å². The molecule has 0 heteroatoms. The predicted molar refractivity (Wildman–Crippen MR) is 123 cm³/mol. The van der Waals surface area contributed by atoms with Gasteiger partial charge in [-0.3, -0.25) is 0 Å². The summed E-state index contributed by atoms with van der Waals surface area (Å²) in [4.78, 5) is 0. The van der Waals surface area contributed by atoms with E-state index in [2.05, 4.69) is 74.5 Å². The van der Waals surface area contributed by atoms with Gasteiger partial charge >= 0.3 is 0 Å². The van der Waals surface area contributed by atoms with Crippen molar-refractivity contribution in [2.24, 2.45) is 11.8 Å². The highest BCUT2D eigenvalue weighted by Crippen LogP contribution is 2.34. The lowest BCUT2D eigenvalue weighted by Gasteiger charge is -2.21.